The molecule has 1 aromatic carbocycles. The maximum absolute atomic E-state index is 12.6. The number of aryl methyl sites for hydroxylation is 1. The number of benzene rings is 1. The van der Waals surface area contributed by atoms with Gasteiger partial charge >= 0.3 is 0 Å². The number of aromatic amines is 1. The van der Waals surface area contributed by atoms with Crippen molar-refractivity contribution in [2.24, 2.45) is 0 Å². The van der Waals surface area contributed by atoms with Gasteiger partial charge in [-0.2, -0.15) is 0 Å². The van der Waals surface area contributed by atoms with Gasteiger partial charge in [-0.25, -0.2) is 0 Å². The molecule has 0 radical (unpaired) electrons. The number of rotatable bonds is 2. The van der Waals surface area contributed by atoms with E-state index in [2.05, 4.69) is 4.98 Å². The van der Waals surface area contributed by atoms with E-state index in [-0.39, 0.29) is 11.6 Å². The predicted octanol–water partition coefficient (Wildman–Crippen LogP) is 4.04. The molecule has 1 atom stereocenters. The molecule has 0 amide bonds. The van der Waals surface area contributed by atoms with Crippen LogP contribution in [-0.4, -0.2) is 9.55 Å². The molecule has 0 saturated heterocycles. The van der Waals surface area contributed by atoms with Gasteiger partial charge in [-0.1, -0.05) is 24.3 Å². The third-order valence-electron chi connectivity index (χ3n) is 3.58. The summed E-state index contributed by atoms with van der Waals surface area (Å²) < 4.78 is 2.13. The van der Waals surface area contributed by atoms with Crippen LogP contribution in [0.15, 0.2) is 40.5 Å². The summed E-state index contributed by atoms with van der Waals surface area (Å²) in [6.07, 6.45) is 0. The van der Waals surface area contributed by atoms with Gasteiger partial charge < -0.3 is 4.98 Å². The van der Waals surface area contributed by atoms with Crippen LogP contribution >= 0.6 is 23.6 Å². The van der Waals surface area contributed by atoms with Gasteiger partial charge in [0, 0.05) is 0 Å². The highest BCUT2D eigenvalue weighted by atomic mass is 32.1. The van der Waals surface area contributed by atoms with E-state index in [9.17, 15) is 4.79 Å². The van der Waals surface area contributed by atoms with E-state index in [1.165, 1.54) is 11.3 Å². The highest BCUT2D eigenvalue weighted by molar-refractivity contribution is 7.71. The zero-order valence-electron chi connectivity index (χ0n) is 11.2. The van der Waals surface area contributed by atoms with Gasteiger partial charge in [-0.3, -0.25) is 9.36 Å². The Bertz CT molecular complexity index is 889. The number of H-pyrrole nitrogens is 1. The summed E-state index contributed by atoms with van der Waals surface area (Å²) in [5, 5.41) is 2.60. The summed E-state index contributed by atoms with van der Waals surface area (Å²) in [5.41, 5.74) is 2.25. The number of hydrogen-bond donors (Lipinski definition) is 1. The zero-order chi connectivity index (χ0) is 14.3. The van der Waals surface area contributed by atoms with Crippen molar-refractivity contribution in [1.82, 2.24) is 9.55 Å². The van der Waals surface area contributed by atoms with Crippen LogP contribution < -0.4 is 5.56 Å². The van der Waals surface area contributed by atoms with Crippen molar-refractivity contribution in [2.75, 3.05) is 0 Å². The first-order valence-corrected chi connectivity index (χ1v) is 7.66. The minimum atomic E-state index is -0.0863. The van der Waals surface area contributed by atoms with E-state index in [1.54, 1.807) is 4.57 Å². The highest BCUT2D eigenvalue weighted by Gasteiger charge is 2.15. The lowest BCUT2D eigenvalue weighted by Gasteiger charge is -2.17. The maximum Gasteiger partial charge on any atom is 0.263 e. The first-order chi connectivity index (χ1) is 9.59. The molecule has 0 aliphatic rings. The zero-order valence-corrected chi connectivity index (χ0v) is 12.8. The SMILES string of the molecule is Cc1ccccc1C(C)n1c(=S)[nH]c2sccc2c1=O. The quantitative estimate of drug-likeness (QED) is 0.726. The third-order valence-corrected chi connectivity index (χ3v) is 4.71. The van der Waals surface area contributed by atoms with E-state index >= 15 is 0 Å². The Morgan fingerprint density at radius 2 is 2.05 bits per heavy atom. The molecule has 0 aliphatic heterocycles. The number of nitrogens with zero attached hydrogens (tertiary/aromatic N) is 1. The monoisotopic (exact) mass is 302 g/mol. The van der Waals surface area contributed by atoms with Gasteiger partial charge in [-0.15, -0.1) is 11.3 Å². The lowest BCUT2D eigenvalue weighted by molar-refractivity contribution is 0.597. The first kappa shape index (κ1) is 13.3. The molecule has 3 rings (SSSR count). The van der Waals surface area contributed by atoms with Crippen LogP contribution in [0.1, 0.15) is 24.1 Å². The fourth-order valence-corrected chi connectivity index (χ4v) is 3.69. The lowest BCUT2D eigenvalue weighted by Crippen LogP contribution is -2.25. The average molecular weight is 302 g/mol. The minimum Gasteiger partial charge on any atom is -0.323 e. The van der Waals surface area contributed by atoms with E-state index in [4.69, 9.17) is 12.2 Å². The Morgan fingerprint density at radius 1 is 1.30 bits per heavy atom. The topological polar surface area (TPSA) is 37.8 Å². The Morgan fingerprint density at radius 3 is 2.80 bits per heavy atom. The van der Waals surface area contributed by atoms with Gasteiger partial charge in [0.15, 0.2) is 4.77 Å². The van der Waals surface area contributed by atoms with Gasteiger partial charge in [-0.05, 0) is 48.6 Å². The molecule has 0 fully saturated rings. The Balaban J connectivity index is 2.27. The molecule has 102 valence electrons. The molecule has 0 spiro atoms. The fourth-order valence-electron chi connectivity index (χ4n) is 2.50. The summed E-state index contributed by atoms with van der Waals surface area (Å²) in [6.45, 7) is 4.05. The molecule has 3 nitrogen and oxygen atoms in total. The summed E-state index contributed by atoms with van der Waals surface area (Å²) in [6, 6.07) is 9.83. The van der Waals surface area contributed by atoms with Gasteiger partial charge in [0.25, 0.3) is 5.56 Å². The largest absolute Gasteiger partial charge is 0.323 e. The lowest BCUT2D eigenvalue weighted by atomic mass is 10.0. The normalized spacial score (nSPS) is 12.7. The molecule has 2 aromatic heterocycles. The third kappa shape index (κ3) is 2.03. The van der Waals surface area contributed by atoms with Crippen LogP contribution in [0.3, 0.4) is 0 Å². The minimum absolute atomic E-state index is 0.0271. The van der Waals surface area contributed by atoms with E-state index in [0.29, 0.717) is 10.2 Å². The fraction of sp³-hybridized carbons (Fsp3) is 0.200. The van der Waals surface area contributed by atoms with Crippen molar-refractivity contribution in [3.63, 3.8) is 0 Å². The van der Waals surface area contributed by atoms with Crippen molar-refractivity contribution in [2.45, 2.75) is 19.9 Å². The Hall–Kier alpha value is -1.72. The average Bonchev–Trinajstić information content (AvgIpc) is 2.87. The maximum atomic E-state index is 12.6. The van der Waals surface area contributed by atoms with Crippen molar-refractivity contribution < 1.29 is 0 Å². The summed E-state index contributed by atoms with van der Waals surface area (Å²) in [5.74, 6) is 0. The van der Waals surface area contributed by atoms with E-state index in [0.717, 1.165) is 16.0 Å². The smallest absolute Gasteiger partial charge is 0.263 e. The van der Waals surface area contributed by atoms with Crippen molar-refractivity contribution >= 4 is 33.8 Å². The van der Waals surface area contributed by atoms with Crippen molar-refractivity contribution in [1.29, 1.82) is 0 Å². The van der Waals surface area contributed by atoms with Crippen LogP contribution in [0, 0.1) is 11.7 Å². The number of hydrogen-bond acceptors (Lipinski definition) is 3. The van der Waals surface area contributed by atoms with Crippen molar-refractivity contribution in [3.8, 4) is 0 Å². The van der Waals surface area contributed by atoms with Crippen LogP contribution in [0.25, 0.3) is 10.2 Å². The summed E-state index contributed by atoms with van der Waals surface area (Å²) in [4.78, 5) is 16.6. The molecule has 1 unspecified atom stereocenters. The van der Waals surface area contributed by atoms with Crippen LogP contribution in [-0.2, 0) is 0 Å². The summed E-state index contributed by atoms with van der Waals surface area (Å²) in [7, 11) is 0. The van der Waals surface area contributed by atoms with Gasteiger partial charge in [0.05, 0.1) is 11.4 Å². The highest BCUT2D eigenvalue weighted by Crippen LogP contribution is 2.22. The molecular weight excluding hydrogens is 288 g/mol. The van der Waals surface area contributed by atoms with Gasteiger partial charge in [0.1, 0.15) is 4.83 Å². The second kappa shape index (κ2) is 5.00. The Labute approximate surface area is 125 Å². The molecule has 20 heavy (non-hydrogen) atoms. The van der Waals surface area contributed by atoms with Gasteiger partial charge in [0.2, 0.25) is 0 Å². The molecule has 1 N–H and O–H groups in total. The van der Waals surface area contributed by atoms with E-state index < -0.39 is 0 Å². The molecule has 3 aromatic rings. The second-order valence-corrected chi connectivity index (χ2v) is 6.10. The predicted molar refractivity (Wildman–Crippen MR) is 86.3 cm³/mol. The van der Waals surface area contributed by atoms with Crippen molar-refractivity contribution in [3.05, 3.63) is 62.0 Å². The number of nitrogens with one attached hydrogen (secondary N) is 1. The standard InChI is InChI=1S/C15H14N2OS2/c1-9-5-3-4-6-11(9)10(2)17-14(18)12-7-8-20-13(12)16-15(17)19/h3-8,10H,1-2H3,(H,16,19). The van der Waals surface area contributed by atoms with Crippen LogP contribution in [0.4, 0.5) is 0 Å². The second-order valence-electron chi connectivity index (χ2n) is 4.80. The number of thiophene rings is 1. The molecule has 0 bridgehead atoms. The first-order valence-electron chi connectivity index (χ1n) is 6.37. The molecular formula is C15H14N2OS2. The number of fused-ring (bicyclic) bond motifs is 1. The molecule has 2 heterocycles. The molecule has 0 aliphatic carbocycles. The Kier molecular flexibility index (Phi) is 3.31. The van der Waals surface area contributed by atoms with Crippen LogP contribution in [0.2, 0.25) is 0 Å². The number of aromatic nitrogens is 2. The molecule has 0 saturated carbocycles. The molecule has 5 heteroatoms. The van der Waals surface area contributed by atoms with E-state index in [1.807, 2.05) is 49.6 Å². The van der Waals surface area contributed by atoms with Crippen LogP contribution in [0.5, 0.6) is 0 Å². The summed E-state index contributed by atoms with van der Waals surface area (Å²) >= 11 is 6.87.